The zero-order valence-electron chi connectivity index (χ0n) is 8.84. The molecule has 3 nitrogen and oxygen atoms in total. The average molecular weight is 259 g/mol. The van der Waals surface area contributed by atoms with Crippen molar-refractivity contribution in [2.45, 2.75) is 12.5 Å². The second kappa shape index (κ2) is 6.59. The number of nitriles is 1. The molecule has 5 heteroatoms. The molecule has 0 amide bonds. The van der Waals surface area contributed by atoms with Gasteiger partial charge in [-0.2, -0.15) is 5.26 Å². The summed E-state index contributed by atoms with van der Waals surface area (Å²) in [5, 5.41) is 12.6. The van der Waals surface area contributed by atoms with Crippen LogP contribution < -0.4 is 10.1 Å². The Morgan fingerprint density at radius 3 is 2.50 bits per heavy atom. The first-order valence-electron chi connectivity index (χ1n) is 4.81. The molecule has 0 heterocycles. The summed E-state index contributed by atoms with van der Waals surface area (Å²) < 4.78 is 5.44. The van der Waals surface area contributed by atoms with Crippen LogP contribution in [0.3, 0.4) is 0 Å². The fourth-order valence-electron chi connectivity index (χ4n) is 1.18. The van der Waals surface area contributed by atoms with Gasteiger partial charge in [-0.1, -0.05) is 23.2 Å². The van der Waals surface area contributed by atoms with Gasteiger partial charge in [-0.15, -0.1) is 0 Å². The lowest BCUT2D eigenvalue weighted by molar-refractivity contribution is 0.300. The number of ether oxygens (including phenoxy) is 1. The van der Waals surface area contributed by atoms with E-state index in [9.17, 15) is 0 Å². The molecule has 0 radical (unpaired) electrons. The fraction of sp³-hybridized carbons (Fsp3) is 0.364. The van der Waals surface area contributed by atoms with Crippen LogP contribution in [0.15, 0.2) is 18.2 Å². The summed E-state index contributed by atoms with van der Waals surface area (Å²) in [6.07, 6.45) is 0.608. The Morgan fingerprint density at radius 2 is 2.00 bits per heavy atom. The summed E-state index contributed by atoms with van der Waals surface area (Å²) >= 11 is 11.6. The zero-order valence-corrected chi connectivity index (χ0v) is 10.3. The summed E-state index contributed by atoms with van der Waals surface area (Å²) in [6, 6.07) is 6.94. The topological polar surface area (TPSA) is 45.0 Å². The third-order valence-electron chi connectivity index (χ3n) is 2.02. The van der Waals surface area contributed by atoms with Crippen LogP contribution in [0.1, 0.15) is 6.42 Å². The average Bonchev–Trinajstić information content (AvgIpc) is 2.23. The van der Waals surface area contributed by atoms with Gasteiger partial charge in [-0.05, 0) is 25.2 Å². The van der Waals surface area contributed by atoms with Gasteiger partial charge in [0.15, 0.2) is 0 Å². The summed E-state index contributed by atoms with van der Waals surface area (Å²) in [5.74, 6) is 0.616. The molecule has 0 spiro atoms. The Hall–Kier alpha value is -0.950. The van der Waals surface area contributed by atoms with Crippen molar-refractivity contribution in [3.8, 4) is 11.8 Å². The summed E-state index contributed by atoms with van der Waals surface area (Å²) in [5.41, 5.74) is 0. The van der Waals surface area contributed by atoms with Crippen molar-refractivity contribution in [1.82, 2.24) is 5.32 Å². The van der Waals surface area contributed by atoms with Crippen molar-refractivity contribution < 1.29 is 4.74 Å². The minimum atomic E-state index is -0.199. The zero-order chi connectivity index (χ0) is 12.0. The third-order valence-corrected chi connectivity index (χ3v) is 2.45. The molecule has 0 fully saturated rings. The van der Waals surface area contributed by atoms with Gasteiger partial charge in [0.05, 0.1) is 18.7 Å². The summed E-state index contributed by atoms with van der Waals surface area (Å²) in [6.45, 7) is 0.440. The van der Waals surface area contributed by atoms with E-state index in [1.165, 1.54) is 0 Å². The first kappa shape index (κ1) is 13.1. The van der Waals surface area contributed by atoms with Gasteiger partial charge in [-0.3, -0.25) is 0 Å². The van der Waals surface area contributed by atoms with E-state index in [4.69, 9.17) is 33.2 Å². The molecule has 0 aliphatic rings. The van der Waals surface area contributed by atoms with E-state index in [1.54, 1.807) is 25.2 Å². The molecule has 0 saturated carbocycles. The van der Waals surface area contributed by atoms with Crippen LogP contribution in [-0.2, 0) is 0 Å². The molecule has 0 bridgehead atoms. The van der Waals surface area contributed by atoms with E-state index in [0.29, 0.717) is 28.8 Å². The first-order chi connectivity index (χ1) is 7.65. The van der Waals surface area contributed by atoms with E-state index >= 15 is 0 Å². The number of halogens is 2. The Balaban J connectivity index is 2.46. The molecule has 0 aromatic heterocycles. The van der Waals surface area contributed by atoms with Crippen LogP contribution in [0.2, 0.25) is 10.0 Å². The Kier molecular flexibility index (Phi) is 5.41. The highest BCUT2D eigenvalue weighted by Gasteiger charge is 2.04. The SMILES string of the molecule is CNC(C#N)CCOc1cc(Cl)cc(Cl)c1. The van der Waals surface area contributed by atoms with Crippen LogP contribution in [0.5, 0.6) is 5.75 Å². The van der Waals surface area contributed by atoms with Gasteiger partial charge in [0.25, 0.3) is 0 Å². The Labute approximate surface area is 105 Å². The standard InChI is InChI=1S/C11H12Cl2N2O/c1-15-10(7-14)2-3-16-11-5-8(12)4-9(13)6-11/h4-6,10,15H,2-3H2,1H3. The van der Waals surface area contributed by atoms with E-state index < -0.39 is 0 Å². The number of hydrogen-bond donors (Lipinski definition) is 1. The summed E-state index contributed by atoms with van der Waals surface area (Å²) in [4.78, 5) is 0. The van der Waals surface area contributed by atoms with Crippen molar-refractivity contribution in [1.29, 1.82) is 5.26 Å². The first-order valence-corrected chi connectivity index (χ1v) is 5.57. The molecular formula is C11H12Cl2N2O. The second-order valence-corrected chi connectivity index (χ2v) is 4.09. The highest BCUT2D eigenvalue weighted by atomic mass is 35.5. The molecule has 1 atom stereocenters. The minimum Gasteiger partial charge on any atom is -0.493 e. The molecule has 0 saturated heterocycles. The van der Waals surface area contributed by atoms with Gasteiger partial charge in [0.2, 0.25) is 0 Å². The Morgan fingerprint density at radius 1 is 1.38 bits per heavy atom. The van der Waals surface area contributed by atoms with Gasteiger partial charge in [-0.25, -0.2) is 0 Å². The monoisotopic (exact) mass is 258 g/mol. The second-order valence-electron chi connectivity index (χ2n) is 3.21. The van der Waals surface area contributed by atoms with Gasteiger partial charge >= 0.3 is 0 Å². The van der Waals surface area contributed by atoms with Crippen molar-refractivity contribution in [2.24, 2.45) is 0 Å². The molecule has 1 N–H and O–H groups in total. The van der Waals surface area contributed by atoms with Crippen molar-refractivity contribution in [3.05, 3.63) is 28.2 Å². The molecule has 86 valence electrons. The molecule has 1 aromatic rings. The van der Waals surface area contributed by atoms with Crippen LogP contribution in [0.25, 0.3) is 0 Å². The predicted octanol–water partition coefficient (Wildman–Crippen LogP) is 2.87. The highest BCUT2D eigenvalue weighted by Crippen LogP contribution is 2.24. The lowest BCUT2D eigenvalue weighted by Gasteiger charge is -2.09. The Bertz CT molecular complexity index is 370. The van der Waals surface area contributed by atoms with Crippen molar-refractivity contribution in [2.75, 3.05) is 13.7 Å². The molecule has 0 aliphatic heterocycles. The number of hydrogen-bond acceptors (Lipinski definition) is 3. The smallest absolute Gasteiger partial charge is 0.122 e. The lowest BCUT2D eigenvalue weighted by atomic mass is 10.2. The van der Waals surface area contributed by atoms with E-state index in [2.05, 4.69) is 11.4 Å². The molecule has 1 rings (SSSR count). The molecule has 1 aromatic carbocycles. The van der Waals surface area contributed by atoms with Crippen molar-refractivity contribution in [3.63, 3.8) is 0 Å². The van der Waals surface area contributed by atoms with Crippen molar-refractivity contribution >= 4 is 23.2 Å². The van der Waals surface area contributed by atoms with Gasteiger partial charge in [0, 0.05) is 16.5 Å². The van der Waals surface area contributed by atoms with E-state index in [-0.39, 0.29) is 6.04 Å². The van der Waals surface area contributed by atoms with E-state index in [0.717, 1.165) is 0 Å². The number of rotatable bonds is 5. The maximum atomic E-state index is 8.70. The van der Waals surface area contributed by atoms with E-state index in [1.807, 2.05) is 0 Å². The normalized spacial score (nSPS) is 11.9. The predicted molar refractivity (Wildman–Crippen MR) is 65.0 cm³/mol. The quantitative estimate of drug-likeness (QED) is 0.884. The number of nitrogens with one attached hydrogen (secondary N) is 1. The van der Waals surface area contributed by atoms with Crippen LogP contribution >= 0.6 is 23.2 Å². The summed E-state index contributed by atoms with van der Waals surface area (Å²) in [7, 11) is 1.74. The van der Waals surface area contributed by atoms with Gasteiger partial charge in [0.1, 0.15) is 5.75 Å². The van der Waals surface area contributed by atoms with Crippen LogP contribution in [0.4, 0.5) is 0 Å². The lowest BCUT2D eigenvalue weighted by Crippen LogP contribution is -2.25. The van der Waals surface area contributed by atoms with Crippen LogP contribution in [0, 0.1) is 11.3 Å². The minimum absolute atomic E-state index is 0.199. The number of nitrogens with zero attached hydrogens (tertiary/aromatic N) is 1. The molecule has 0 aliphatic carbocycles. The fourth-order valence-corrected chi connectivity index (χ4v) is 1.69. The van der Waals surface area contributed by atoms with Gasteiger partial charge < -0.3 is 10.1 Å². The number of benzene rings is 1. The van der Waals surface area contributed by atoms with Crippen LogP contribution in [-0.4, -0.2) is 19.7 Å². The largest absolute Gasteiger partial charge is 0.493 e. The molecule has 16 heavy (non-hydrogen) atoms. The maximum absolute atomic E-state index is 8.70. The maximum Gasteiger partial charge on any atom is 0.122 e. The highest BCUT2D eigenvalue weighted by molar-refractivity contribution is 6.34. The molecular weight excluding hydrogens is 247 g/mol. The molecule has 1 unspecified atom stereocenters. The third kappa shape index (κ3) is 4.28.